The van der Waals surface area contributed by atoms with Crippen LogP contribution >= 0.6 is 0 Å². The van der Waals surface area contributed by atoms with Gasteiger partial charge in [-0.2, -0.15) is 0 Å². The van der Waals surface area contributed by atoms with Gasteiger partial charge in [0.25, 0.3) is 0 Å². The van der Waals surface area contributed by atoms with E-state index in [1.165, 1.54) is 0 Å². The molecule has 0 spiro atoms. The van der Waals surface area contributed by atoms with E-state index >= 15 is 0 Å². The van der Waals surface area contributed by atoms with Crippen LogP contribution in [0.5, 0.6) is 0 Å². The quantitative estimate of drug-likeness (QED) is 0.593. The second-order valence-electron chi connectivity index (χ2n) is 5.23. The van der Waals surface area contributed by atoms with Gasteiger partial charge in [-0.15, -0.1) is 0 Å². The molecule has 1 saturated heterocycles. The van der Waals surface area contributed by atoms with Gasteiger partial charge in [0.15, 0.2) is 0 Å². The Morgan fingerprint density at radius 2 is 2.05 bits per heavy atom. The zero-order chi connectivity index (χ0) is 15.3. The fourth-order valence-corrected chi connectivity index (χ4v) is 3.68. The maximum Gasteiger partial charge on any atom is 0.240 e. The van der Waals surface area contributed by atoms with E-state index < -0.39 is 10.0 Å². The van der Waals surface area contributed by atoms with Gasteiger partial charge in [-0.05, 0) is 43.7 Å². The smallest absolute Gasteiger partial charge is 0.240 e. The van der Waals surface area contributed by atoms with Crippen LogP contribution in [-0.2, 0) is 14.8 Å². The Balaban J connectivity index is 1.83. The lowest BCUT2D eigenvalue weighted by Gasteiger charge is -2.26. The Kier molecular flexibility index (Phi) is 5.58. The van der Waals surface area contributed by atoms with Crippen molar-refractivity contribution in [3.63, 3.8) is 0 Å². The van der Waals surface area contributed by atoms with Crippen molar-refractivity contribution in [3.8, 4) is 0 Å². The van der Waals surface area contributed by atoms with Crippen LogP contribution in [0, 0.1) is 6.92 Å². The van der Waals surface area contributed by atoms with Crippen LogP contribution < -0.4 is 10.5 Å². The summed E-state index contributed by atoms with van der Waals surface area (Å²) >= 11 is 0. The van der Waals surface area contributed by atoms with Crippen LogP contribution in [0.15, 0.2) is 23.1 Å². The van der Waals surface area contributed by atoms with Gasteiger partial charge in [-0.1, -0.05) is 0 Å². The summed E-state index contributed by atoms with van der Waals surface area (Å²) in [5.41, 5.74) is 6.88. The molecule has 0 saturated carbocycles. The van der Waals surface area contributed by atoms with E-state index in [1.54, 1.807) is 25.1 Å². The first-order chi connectivity index (χ1) is 9.99. The Labute approximate surface area is 126 Å². The zero-order valence-corrected chi connectivity index (χ0v) is 13.2. The number of nitrogens with two attached hydrogens (primary N) is 1. The molecule has 0 aliphatic carbocycles. The molecule has 0 aromatic heterocycles. The summed E-state index contributed by atoms with van der Waals surface area (Å²) < 4.78 is 32.4. The van der Waals surface area contributed by atoms with Crippen molar-refractivity contribution in [1.82, 2.24) is 9.62 Å². The van der Waals surface area contributed by atoms with E-state index in [0.717, 1.165) is 39.3 Å². The minimum Gasteiger partial charge on any atom is -0.399 e. The minimum atomic E-state index is -3.46. The molecule has 0 unspecified atom stereocenters. The van der Waals surface area contributed by atoms with Crippen LogP contribution in [0.3, 0.4) is 0 Å². The molecule has 2 rings (SSSR count). The third kappa shape index (κ3) is 4.67. The maximum atomic E-state index is 12.2. The summed E-state index contributed by atoms with van der Waals surface area (Å²) in [4.78, 5) is 2.58. The third-order valence-electron chi connectivity index (χ3n) is 3.54. The maximum absolute atomic E-state index is 12.2. The van der Waals surface area contributed by atoms with Gasteiger partial charge in [0.05, 0.1) is 18.1 Å². The predicted octanol–water partition coefficient (Wildman–Crippen LogP) is 0.578. The normalized spacial score (nSPS) is 17.0. The van der Waals surface area contributed by atoms with Crippen LogP contribution in [0.4, 0.5) is 5.69 Å². The molecular formula is C14H23N3O3S. The molecule has 0 radical (unpaired) electrons. The van der Waals surface area contributed by atoms with Gasteiger partial charge in [0.2, 0.25) is 10.0 Å². The number of morpholine rings is 1. The van der Waals surface area contributed by atoms with Crippen LogP contribution in [0.1, 0.15) is 12.0 Å². The summed E-state index contributed by atoms with van der Waals surface area (Å²) in [6.07, 6.45) is 0.785. The Morgan fingerprint density at radius 1 is 1.33 bits per heavy atom. The highest BCUT2D eigenvalue weighted by Gasteiger charge is 2.16. The van der Waals surface area contributed by atoms with E-state index in [-0.39, 0.29) is 0 Å². The second kappa shape index (κ2) is 7.22. The van der Waals surface area contributed by atoms with Crippen molar-refractivity contribution in [2.75, 3.05) is 45.1 Å². The van der Waals surface area contributed by atoms with Crippen molar-refractivity contribution < 1.29 is 13.2 Å². The predicted molar refractivity (Wildman–Crippen MR) is 82.7 cm³/mol. The van der Waals surface area contributed by atoms with Crippen molar-refractivity contribution in [2.24, 2.45) is 0 Å². The topological polar surface area (TPSA) is 84.7 Å². The molecular weight excluding hydrogens is 290 g/mol. The molecule has 1 aromatic carbocycles. The highest BCUT2D eigenvalue weighted by Crippen LogP contribution is 2.17. The molecule has 21 heavy (non-hydrogen) atoms. The number of rotatable bonds is 6. The number of benzene rings is 1. The molecule has 7 heteroatoms. The van der Waals surface area contributed by atoms with Gasteiger partial charge in [-0.3, -0.25) is 4.90 Å². The molecule has 3 N–H and O–H groups in total. The lowest BCUT2D eigenvalue weighted by molar-refractivity contribution is 0.0376. The molecule has 1 aromatic rings. The number of nitrogens with one attached hydrogen (secondary N) is 1. The summed E-state index contributed by atoms with van der Waals surface area (Å²) in [7, 11) is -3.46. The first-order valence-corrected chi connectivity index (χ1v) is 8.63. The summed E-state index contributed by atoms with van der Waals surface area (Å²) in [6, 6.07) is 4.83. The highest BCUT2D eigenvalue weighted by atomic mass is 32.2. The van der Waals surface area contributed by atoms with Crippen molar-refractivity contribution >= 4 is 15.7 Å². The average molecular weight is 313 g/mol. The fourth-order valence-electron chi connectivity index (χ4n) is 2.39. The van der Waals surface area contributed by atoms with Gasteiger partial charge in [-0.25, -0.2) is 13.1 Å². The van der Waals surface area contributed by atoms with Gasteiger partial charge < -0.3 is 10.5 Å². The standard InChI is InChI=1S/C14H23N3O3S/c1-12-11-13(15)3-4-14(12)21(18,19)16-5-2-6-17-7-9-20-10-8-17/h3-4,11,16H,2,5-10,15H2,1H3. The number of nitrogen functional groups attached to an aromatic ring is 1. The molecule has 1 heterocycles. The minimum absolute atomic E-state index is 0.295. The molecule has 1 fully saturated rings. The number of anilines is 1. The molecule has 0 bridgehead atoms. The Hall–Kier alpha value is -1.15. The van der Waals surface area contributed by atoms with E-state index in [0.29, 0.717) is 22.7 Å². The Morgan fingerprint density at radius 3 is 2.71 bits per heavy atom. The summed E-state index contributed by atoms with van der Waals surface area (Å²) in [5, 5.41) is 0. The molecule has 1 aliphatic heterocycles. The van der Waals surface area contributed by atoms with E-state index in [4.69, 9.17) is 10.5 Å². The van der Waals surface area contributed by atoms with Crippen LogP contribution in [-0.4, -0.2) is 52.7 Å². The highest BCUT2D eigenvalue weighted by molar-refractivity contribution is 7.89. The SMILES string of the molecule is Cc1cc(N)ccc1S(=O)(=O)NCCCN1CCOCC1. The molecule has 1 aliphatic rings. The lowest BCUT2D eigenvalue weighted by atomic mass is 10.2. The van der Waals surface area contributed by atoms with Crippen molar-refractivity contribution in [2.45, 2.75) is 18.2 Å². The number of sulfonamides is 1. The van der Waals surface area contributed by atoms with E-state index in [1.807, 2.05) is 0 Å². The van der Waals surface area contributed by atoms with Crippen molar-refractivity contribution in [1.29, 1.82) is 0 Å². The largest absolute Gasteiger partial charge is 0.399 e. The number of nitrogens with zero attached hydrogens (tertiary/aromatic N) is 1. The lowest BCUT2D eigenvalue weighted by Crippen LogP contribution is -2.38. The monoisotopic (exact) mass is 313 g/mol. The van der Waals surface area contributed by atoms with Gasteiger partial charge >= 0.3 is 0 Å². The number of aryl methyl sites for hydroxylation is 1. The average Bonchev–Trinajstić information content (AvgIpc) is 2.44. The summed E-state index contributed by atoms with van der Waals surface area (Å²) in [6.45, 7) is 6.43. The van der Waals surface area contributed by atoms with Gasteiger partial charge in [0, 0.05) is 25.3 Å². The summed E-state index contributed by atoms with van der Waals surface area (Å²) in [5.74, 6) is 0. The molecule has 6 nitrogen and oxygen atoms in total. The third-order valence-corrected chi connectivity index (χ3v) is 5.16. The Bertz CT molecular complexity index is 569. The van der Waals surface area contributed by atoms with Crippen LogP contribution in [0.25, 0.3) is 0 Å². The zero-order valence-electron chi connectivity index (χ0n) is 12.3. The van der Waals surface area contributed by atoms with E-state index in [2.05, 4.69) is 9.62 Å². The molecule has 0 atom stereocenters. The first kappa shape index (κ1) is 16.2. The fraction of sp³-hybridized carbons (Fsp3) is 0.571. The van der Waals surface area contributed by atoms with E-state index in [9.17, 15) is 8.42 Å². The second-order valence-corrected chi connectivity index (χ2v) is 6.97. The van der Waals surface area contributed by atoms with Gasteiger partial charge in [0.1, 0.15) is 0 Å². The van der Waals surface area contributed by atoms with Crippen LogP contribution in [0.2, 0.25) is 0 Å². The molecule has 118 valence electrons. The first-order valence-electron chi connectivity index (χ1n) is 7.15. The number of hydrogen-bond donors (Lipinski definition) is 2. The number of hydrogen-bond acceptors (Lipinski definition) is 5. The number of ether oxygens (including phenoxy) is 1. The van der Waals surface area contributed by atoms with Crippen molar-refractivity contribution in [3.05, 3.63) is 23.8 Å². The molecule has 0 amide bonds.